The zero-order chi connectivity index (χ0) is 14.5. The highest BCUT2D eigenvalue weighted by molar-refractivity contribution is 5.45. The molecule has 112 valence electrons. The van der Waals surface area contributed by atoms with Crippen molar-refractivity contribution in [3.8, 4) is 0 Å². The molecule has 1 saturated carbocycles. The number of hydrogen-bond donors (Lipinski definition) is 2. The van der Waals surface area contributed by atoms with Crippen LogP contribution in [0.1, 0.15) is 62.2 Å². The highest BCUT2D eigenvalue weighted by atomic mass is 16.5. The lowest BCUT2D eigenvalue weighted by Gasteiger charge is -2.28. The number of nitrogens with one attached hydrogen (secondary N) is 1. The molecule has 0 saturated heterocycles. The normalized spacial score (nSPS) is 18.0. The van der Waals surface area contributed by atoms with Gasteiger partial charge >= 0.3 is 0 Å². The Balaban J connectivity index is 2.31. The Morgan fingerprint density at radius 3 is 2.55 bits per heavy atom. The van der Waals surface area contributed by atoms with Gasteiger partial charge < -0.3 is 10.2 Å². The van der Waals surface area contributed by atoms with Gasteiger partial charge in [0.05, 0.1) is 0 Å². The van der Waals surface area contributed by atoms with E-state index in [4.69, 9.17) is 10.6 Å². The molecule has 1 aromatic heterocycles. The number of anilines is 1. The van der Waals surface area contributed by atoms with Gasteiger partial charge in [0.25, 0.3) is 0 Å². The Kier molecular flexibility index (Phi) is 5.31. The van der Waals surface area contributed by atoms with Crippen LogP contribution in [0.25, 0.3) is 0 Å². The van der Waals surface area contributed by atoms with E-state index in [1.165, 1.54) is 32.1 Å². The molecule has 0 aliphatic heterocycles. The Bertz CT molecular complexity index is 444. The Morgan fingerprint density at radius 2 is 2.00 bits per heavy atom. The van der Waals surface area contributed by atoms with Gasteiger partial charge in [0.15, 0.2) is 5.82 Å². The zero-order valence-corrected chi connectivity index (χ0v) is 12.8. The molecule has 0 radical (unpaired) electrons. The number of nitrogens with two attached hydrogens (primary N) is 1. The summed E-state index contributed by atoms with van der Waals surface area (Å²) in [6.07, 6.45) is 7.12. The van der Waals surface area contributed by atoms with Crippen molar-refractivity contribution in [1.29, 1.82) is 0 Å². The average Bonchev–Trinajstić information content (AvgIpc) is 2.48. The summed E-state index contributed by atoms with van der Waals surface area (Å²) in [6, 6.07) is 0. The third kappa shape index (κ3) is 3.10. The van der Waals surface area contributed by atoms with Crippen LogP contribution >= 0.6 is 0 Å². The van der Waals surface area contributed by atoms with Crippen LogP contribution in [0.5, 0.6) is 0 Å². The maximum atomic E-state index is 5.71. The molecule has 5 nitrogen and oxygen atoms in total. The first-order valence-electron chi connectivity index (χ1n) is 7.58. The quantitative estimate of drug-likeness (QED) is 0.640. The van der Waals surface area contributed by atoms with Crippen molar-refractivity contribution in [2.24, 2.45) is 11.8 Å². The molecule has 1 heterocycles. The molecule has 0 amide bonds. The number of nitrogen functional groups attached to an aromatic ring is 1. The van der Waals surface area contributed by atoms with E-state index in [2.05, 4.69) is 22.3 Å². The Morgan fingerprint density at radius 1 is 1.30 bits per heavy atom. The van der Waals surface area contributed by atoms with E-state index in [-0.39, 0.29) is 6.10 Å². The molecule has 0 aromatic carbocycles. The topological polar surface area (TPSA) is 73.1 Å². The van der Waals surface area contributed by atoms with E-state index in [9.17, 15) is 0 Å². The second-order valence-corrected chi connectivity index (χ2v) is 5.55. The molecule has 20 heavy (non-hydrogen) atoms. The van der Waals surface area contributed by atoms with Crippen LogP contribution < -0.4 is 11.3 Å². The fourth-order valence-corrected chi connectivity index (χ4v) is 3.23. The van der Waals surface area contributed by atoms with Crippen molar-refractivity contribution < 1.29 is 4.74 Å². The van der Waals surface area contributed by atoms with Gasteiger partial charge in [-0.05, 0) is 32.1 Å². The monoisotopic (exact) mass is 278 g/mol. The summed E-state index contributed by atoms with van der Waals surface area (Å²) in [7, 11) is 1.75. The summed E-state index contributed by atoms with van der Waals surface area (Å²) in [4.78, 5) is 9.26. The largest absolute Gasteiger partial charge is 0.373 e. The van der Waals surface area contributed by atoms with E-state index >= 15 is 0 Å². The highest BCUT2D eigenvalue weighted by Gasteiger charge is 2.28. The zero-order valence-electron chi connectivity index (χ0n) is 12.8. The van der Waals surface area contributed by atoms with Crippen LogP contribution in [0.4, 0.5) is 5.82 Å². The average molecular weight is 278 g/mol. The Labute approximate surface area is 121 Å². The second-order valence-electron chi connectivity index (χ2n) is 5.55. The molecule has 3 N–H and O–H groups in total. The van der Waals surface area contributed by atoms with Gasteiger partial charge in [0.2, 0.25) is 0 Å². The summed E-state index contributed by atoms with van der Waals surface area (Å²) in [5, 5.41) is 0. The van der Waals surface area contributed by atoms with Crippen LogP contribution in [0, 0.1) is 12.8 Å². The van der Waals surface area contributed by atoms with Crippen molar-refractivity contribution in [2.45, 2.75) is 58.5 Å². The first-order chi connectivity index (χ1) is 9.71. The van der Waals surface area contributed by atoms with Gasteiger partial charge in [-0.15, -0.1) is 0 Å². The number of rotatable bonds is 5. The molecule has 1 unspecified atom stereocenters. The standard InChI is InChI=1S/C15H26N4O/c1-4-12-10(2)17-15(18-14(12)19-16)13(20-3)11-8-6-5-7-9-11/h11,13H,4-9,16H2,1-3H3,(H,17,18,19). The van der Waals surface area contributed by atoms with Crippen molar-refractivity contribution in [3.05, 3.63) is 17.1 Å². The first-order valence-corrected chi connectivity index (χ1v) is 7.58. The third-order valence-electron chi connectivity index (χ3n) is 4.31. The number of aryl methyl sites for hydroxylation is 1. The predicted octanol–water partition coefficient (Wildman–Crippen LogP) is 2.90. The summed E-state index contributed by atoms with van der Waals surface area (Å²) < 4.78 is 5.71. The van der Waals surface area contributed by atoms with E-state index in [0.717, 1.165) is 29.3 Å². The minimum Gasteiger partial charge on any atom is -0.373 e. The van der Waals surface area contributed by atoms with Crippen molar-refractivity contribution in [2.75, 3.05) is 12.5 Å². The molecule has 1 aliphatic carbocycles. The van der Waals surface area contributed by atoms with E-state index < -0.39 is 0 Å². The molecule has 1 aliphatic rings. The van der Waals surface area contributed by atoms with Crippen molar-refractivity contribution >= 4 is 5.82 Å². The number of ether oxygens (including phenoxy) is 1. The maximum absolute atomic E-state index is 5.71. The number of methoxy groups -OCH3 is 1. The lowest BCUT2D eigenvalue weighted by Crippen LogP contribution is -2.22. The van der Waals surface area contributed by atoms with Crippen molar-refractivity contribution in [1.82, 2.24) is 9.97 Å². The lowest BCUT2D eigenvalue weighted by atomic mass is 9.85. The minimum atomic E-state index is -0.0213. The fraction of sp³-hybridized carbons (Fsp3) is 0.733. The minimum absolute atomic E-state index is 0.0213. The molecule has 1 atom stereocenters. The van der Waals surface area contributed by atoms with Crippen LogP contribution in [-0.4, -0.2) is 17.1 Å². The van der Waals surface area contributed by atoms with Gasteiger partial charge in [-0.25, -0.2) is 15.8 Å². The predicted molar refractivity (Wildman–Crippen MR) is 80.3 cm³/mol. The van der Waals surface area contributed by atoms with Crippen molar-refractivity contribution in [3.63, 3.8) is 0 Å². The number of hydrogen-bond acceptors (Lipinski definition) is 5. The molecule has 1 fully saturated rings. The highest BCUT2D eigenvalue weighted by Crippen LogP contribution is 2.36. The van der Waals surface area contributed by atoms with Gasteiger partial charge in [-0.2, -0.15) is 0 Å². The maximum Gasteiger partial charge on any atom is 0.160 e. The van der Waals surface area contributed by atoms with Gasteiger partial charge in [-0.1, -0.05) is 26.2 Å². The third-order valence-corrected chi connectivity index (χ3v) is 4.31. The fourth-order valence-electron chi connectivity index (χ4n) is 3.23. The number of aromatic nitrogens is 2. The van der Waals surface area contributed by atoms with E-state index in [0.29, 0.717) is 5.92 Å². The summed E-state index contributed by atoms with van der Waals surface area (Å²) in [5.41, 5.74) is 4.77. The van der Waals surface area contributed by atoms with Gasteiger partial charge in [0.1, 0.15) is 11.9 Å². The molecule has 1 aromatic rings. The van der Waals surface area contributed by atoms with Gasteiger partial charge in [-0.3, -0.25) is 0 Å². The molecule has 0 spiro atoms. The Hall–Kier alpha value is -1.20. The van der Waals surface area contributed by atoms with Crippen LogP contribution in [-0.2, 0) is 11.2 Å². The summed E-state index contributed by atoms with van der Waals surface area (Å²) >= 11 is 0. The summed E-state index contributed by atoms with van der Waals surface area (Å²) in [5.74, 6) is 7.62. The molecular formula is C15H26N4O. The van der Waals surface area contributed by atoms with Crippen LogP contribution in [0.2, 0.25) is 0 Å². The second kappa shape index (κ2) is 6.99. The molecular weight excluding hydrogens is 252 g/mol. The number of hydrazine groups is 1. The lowest BCUT2D eigenvalue weighted by molar-refractivity contribution is 0.0289. The van der Waals surface area contributed by atoms with E-state index in [1.54, 1.807) is 7.11 Å². The van der Waals surface area contributed by atoms with Crippen LogP contribution in [0.15, 0.2) is 0 Å². The number of nitrogens with zero attached hydrogens (tertiary/aromatic N) is 2. The van der Waals surface area contributed by atoms with Gasteiger partial charge in [0, 0.05) is 18.4 Å². The first kappa shape index (κ1) is 15.2. The van der Waals surface area contributed by atoms with E-state index in [1.807, 2.05) is 6.92 Å². The molecule has 0 bridgehead atoms. The molecule has 5 heteroatoms. The smallest absolute Gasteiger partial charge is 0.160 e. The molecule has 2 rings (SSSR count). The van der Waals surface area contributed by atoms with Crippen LogP contribution in [0.3, 0.4) is 0 Å². The summed E-state index contributed by atoms with van der Waals surface area (Å²) in [6.45, 7) is 4.10. The SMILES string of the molecule is CCc1c(C)nc(C(OC)C2CCCCC2)nc1NN.